The summed E-state index contributed by atoms with van der Waals surface area (Å²) in [5.41, 5.74) is 10.8. The SMILES string of the molecule is c1ccc(N(c2ccc(-c3ccc4c(c3)c3ccc5cccnc5c3c3nc5ccccc5n43)cc2)c2cccc3ccccc23)cc1. The number of hydrogen-bond acceptors (Lipinski definition) is 3. The van der Waals surface area contributed by atoms with E-state index in [9.17, 15) is 0 Å². The Morgan fingerprint density at radius 2 is 1.23 bits per heavy atom. The average molecular weight is 613 g/mol. The molecule has 0 saturated carbocycles. The summed E-state index contributed by atoms with van der Waals surface area (Å²) in [6.45, 7) is 0. The molecule has 0 bridgehead atoms. The minimum absolute atomic E-state index is 0.939. The Labute approximate surface area is 276 Å². The van der Waals surface area contributed by atoms with Crippen LogP contribution >= 0.6 is 0 Å². The first-order chi connectivity index (χ1) is 23.8. The van der Waals surface area contributed by atoms with Crippen molar-refractivity contribution in [2.24, 2.45) is 0 Å². The Bertz CT molecular complexity index is 2830. The molecule has 0 radical (unpaired) electrons. The lowest BCUT2D eigenvalue weighted by Crippen LogP contribution is -2.10. The molecule has 4 heteroatoms. The first-order valence-electron chi connectivity index (χ1n) is 16.3. The highest BCUT2D eigenvalue weighted by molar-refractivity contribution is 6.22. The summed E-state index contributed by atoms with van der Waals surface area (Å²) >= 11 is 0. The van der Waals surface area contributed by atoms with Crippen LogP contribution in [0.15, 0.2) is 170 Å². The van der Waals surface area contributed by atoms with Gasteiger partial charge in [0.15, 0.2) is 0 Å². The fourth-order valence-electron chi connectivity index (χ4n) is 7.37. The molecule has 0 fully saturated rings. The number of rotatable bonds is 4. The second-order valence-electron chi connectivity index (χ2n) is 12.3. The van der Waals surface area contributed by atoms with Crippen molar-refractivity contribution in [1.82, 2.24) is 14.4 Å². The summed E-state index contributed by atoms with van der Waals surface area (Å²) < 4.78 is 2.30. The standard InChI is InChI=1S/C44H28N4/c1-2-13-33(14-3-1)47(39-18-8-11-30-10-4-5-15-35(30)39)34-23-19-29(20-24-34)32-22-26-40-37(28-32)36-25-21-31-12-9-27-45-43(31)42(36)44-46-38-16-6-7-17-41(38)48(40)44/h1-28H. The van der Waals surface area contributed by atoms with E-state index in [1.165, 1.54) is 16.2 Å². The lowest BCUT2D eigenvalue weighted by atomic mass is 9.98. The molecule has 0 spiro atoms. The molecule has 0 unspecified atom stereocenters. The van der Waals surface area contributed by atoms with Crippen LogP contribution in [0.5, 0.6) is 0 Å². The van der Waals surface area contributed by atoms with Gasteiger partial charge in [-0.05, 0) is 82.6 Å². The molecule has 0 aliphatic heterocycles. The smallest absolute Gasteiger partial charge is 0.148 e. The lowest BCUT2D eigenvalue weighted by molar-refractivity contribution is 1.30. The van der Waals surface area contributed by atoms with Crippen molar-refractivity contribution in [2.75, 3.05) is 4.90 Å². The minimum atomic E-state index is 0.939. The lowest BCUT2D eigenvalue weighted by Gasteiger charge is -2.27. The van der Waals surface area contributed by atoms with Gasteiger partial charge in [-0.2, -0.15) is 0 Å². The van der Waals surface area contributed by atoms with Crippen molar-refractivity contribution in [3.63, 3.8) is 0 Å². The Balaban J connectivity index is 1.17. The van der Waals surface area contributed by atoms with Gasteiger partial charge >= 0.3 is 0 Å². The van der Waals surface area contributed by atoms with E-state index < -0.39 is 0 Å². The maximum Gasteiger partial charge on any atom is 0.148 e. The Kier molecular flexibility index (Phi) is 5.84. The van der Waals surface area contributed by atoms with E-state index in [2.05, 4.69) is 167 Å². The summed E-state index contributed by atoms with van der Waals surface area (Å²) in [7, 11) is 0. The molecular formula is C44H28N4. The van der Waals surface area contributed by atoms with Crippen LogP contribution in [0.1, 0.15) is 0 Å². The van der Waals surface area contributed by atoms with Gasteiger partial charge in [0.1, 0.15) is 5.65 Å². The van der Waals surface area contributed by atoms with Crippen molar-refractivity contribution in [1.29, 1.82) is 0 Å². The fraction of sp³-hybridized carbons (Fsp3) is 0. The Hall–Kier alpha value is -6.52. The van der Waals surface area contributed by atoms with Crippen LogP contribution in [0.2, 0.25) is 0 Å². The van der Waals surface area contributed by atoms with Gasteiger partial charge in [-0.1, -0.05) is 103 Å². The van der Waals surface area contributed by atoms with Gasteiger partial charge in [0.05, 0.1) is 33.1 Å². The van der Waals surface area contributed by atoms with Crippen LogP contribution in [0.3, 0.4) is 0 Å². The molecule has 0 saturated heterocycles. The van der Waals surface area contributed by atoms with Crippen molar-refractivity contribution in [2.45, 2.75) is 0 Å². The number of aromatic nitrogens is 3. The Morgan fingerprint density at radius 3 is 2.15 bits per heavy atom. The van der Waals surface area contributed by atoms with Gasteiger partial charge in [0.2, 0.25) is 0 Å². The maximum absolute atomic E-state index is 5.14. The number of anilines is 3. The molecular weight excluding hydrogens is 585 g/mol. The van der Waals surface area contributed by atoms with Crippen molar-refractivity contribution in [3.8, 4) is 11.1 Å². The van der Waals surface area contributed by atoms with E-state index in [1.54, 1.807) is 0 Å². The van der Waals surface area contributed by atoms with Crippen molar-refractivity contribution < 1.29 is 0 Å². The molecule has 0 aliphatic carbocycles. The van der Waals surface area contributed by atoms with Gasteiger partial charge < -0.3 is 4.90 Å². The molecule has 3 heterocycles. The van der Waals surface area contributed by atoms with Gasteiger partial charge in [-0.25, -0.2) is 4.98 Å². The molecule has 7 aromatic carbocycles. The Morgan fingerprint density at radius 1 is 0.479 bits per heavy atom. The summed E-state index contributed by atoms with van der Waals surface area (Å²) in [4.78, 5) is 12.3. The summed E-state index contributed by atoms with van der Waals surface area (Å²) in [5, 5.41) is 6.96. The van der Waals surface area contributed by atoms with Crippen LogP contribution in [0, 0.1) is 0 Å². The van der Waals surface area contributed by atoms with Crippen molar-refractivity contribution >= 4 is 77.1 Å². The first-order valence-corrected chi connectivity index (χ1v) is 16.3. The number of pyridine rings is 2. The third-order valence-corrected chi connectivity index (χ3v) is 9.57. The zero-order valence-electron chi connectivity index (χ0n) is 26.0. The second-order valence-corrected chi connectivity index (χ2v) is 12.3. The highest BCUT2D eigenvalue weighted by Gasteiger charge is 2.18. The van der Waals surface area contributed by atoms with Crippen LogP contribution in [-0.2, 0) is 0 Å². The summed E-state index contributed by atoms with van der Waals surface area (Å²) in [6, 6.07) is 58.4. The van der Waals surface area contributed by atoms with Gasteiger partial charge in [-0.15, -0.1) is 0 Å². The van der Waals surface area contributed by atoms with E-state index in [1.807, 2.05) is 12.3 Å². The first kappa shape index (κ1) is 26.7. The summed E-state index contributed by atoms with van der Waals surface area (Å²) in [6.07, 6.45) is 1.88. The highest BCUT2D eigenvalue weighted by atomic mass is 15.1. The fourth-order valence-corrected chi connectivity index (χ4v) is 7.37. The predicted molar refractivity (Wildman–Crippen MR) is 201 cm³/mol. The average Bonchev–Trinajstić information content (AvgIpc) is 3.55. The monoisotopic (exact) mass is 612 g/mol. The third kappa shape index (κ3) is 4.03. The molecule has 3 aromatic heterocycles. The molecule has 10 rings (SSSR count). The third-order valence-electron chi connectivity index (χ3n) is 9.57. The number of para-hydroxylation sites is 3. The maximum atomic E-state index is 5.14. The zero-order valence-corrected chi connectivity index (χ0v) is 26.0. The number of hydrogen-bond donors (Lipinski definition) is 0. The number of fused-ring (bicyclic) bond motifs is 11. The molecule has 0 amide bonds. The number of benzene rings is 7. The summed E-state index contributed by atoms with van der Waals surface area (Å²) in [5.74, 6) is 0. The molecule has 4 nitrogen and oxygen atoms in total. The molecule has 0 N–H and O–H groups in total. The molecule has 224 valence electrons. The van der Waals surface area contributed by atoms with Gasteiger partial charge in [0, 0.05) is 33.7 Å². The van der Waals surface area contributed by atoms with E-state index in [0.717, 1.165) is 72.1 Å². The largest absolute Gasteiger partial charge is 0.310 e. The van der Waals surface area contributed by atoms with E-state index in [0.29, 0.717) is 0 Å². The van der Waals surface area contributed by atoms with E-state index in [-0.39, 0.29) is 0 Å². The van der Waals surface area contributed by atoms with E-state index >= 15 is 0 Å². The quantitative estimate of drug-likeness (QED) is 0.185. The molecule has 48 heavy (non-hydrogen) atoms. The topological polar surface area (TPSA) is 33.4 Å². The van der Waals surface area contributed by atoms with Crippen LogP contribution in [0.4, 0.5) is 17.1 Å². The van der Waals surface area contributed by atoms with Crippen molar-refractivity contribution in [3.05, 3.63) is 170 Å². The molecule has 0 atom stereocenters. The van der Waals surface area contributed by atoms with Gasteiger partial charge in [0.25, 0.3) is 0 Å². The molecule has 0 aliphatic rings. The van der Waals surface area contributed by atoms with Crippen LogP contribution in [0.25, 0.3) is 71.2 Å². The predicted octanol–water partition coefficient (Wildman–Crippen LogP) is 11.6. The van der Waals surface area contributed by atoms with Crippen LogP contribution < -0.4 is 4.90 Å². The minimum Gasteiger partial charge on any atom is -0.310 e. The van der Waals surface area contributed by atoms with E-state index in [4.69, 9.17) is 9.97 Å². The molecule has 10 aromatic rings. The highest BCUT2D eigenvalue weighted by Crippen LogP contribution is 2.41. The van der Waals surface area contributed by atoms with Crippen LogP contribution in [-0.4, -0.2) is 14.4 Å². The normalized spacial score (nSPS) is 11.8. The number of imidazole rings is 1. The number of nitrogens with zero attached hydrogens (tertiary/aromatic N) is 4. The zero-order chi connectivity index (χ0) is 31.6. The second kappa shape index (κ2) is 10.5. The van der Waals surface area contributed by atoms with Gasteiger partial charge in [-0.3, -0.25) is 9.38 Å².